The van der Waals surface area contributed by atoms with E-state index in [1.54, 1.807) is 27.7 Å². The summed E-state index contributed by atoms with van der Waals surface area (Å²) in [5.41, 5.74) is 3.66. The van der Waals surface area contributed by atoms with Gasteiger partial charge >= 0.3 is 0 Å². The van der Waals surface area contributed by atoms with Crippen LogP contribution >= 0.6 is 0 Å². The van der Waals surface area contributed by atoms with E-state index >= 15 is 0 Å². The zero-order chi connectivity index (χ0) is 14.1. The minimum atomic E-state index is -1.09. The van der Waals surface area contributed by atoms with Gasteiger partial charge in [-0.2, -0.15) is 0 Å². The number of halogens is 1. The number of hydrogen-bond donors (Lipinski definition) is 3. The van der Waals surface area contributed by atoms with Crippen molar-refractivity contribution < 1.29 is 14.3 Å². The molecule has 0 fully saturated rings. The van der Waals surface area contributed by atoms with Crippen LogP contribution in [0.4, 0.5) is 10.1 Å². The molecule has 0 saturated heterocycles. The van der Waals surface area contributed by atoms with E-state index in [2.05, 4.69) is 5.32 Å². The van der Waals surface area contributed by atoms with Crippen molar-refractivity contribution in [1.82, 2.24) is 5.32 Å². The number of hydrogen-bond acceptors (Lipinski definition) is 3. The van der Waals surface area contributed by atoms with Crippen molar-refractivity contribution >= 4 is 11.6 Å². The van der Waals surface area contributed by atoms with Crippen molar-refractivity contribution in [1.29, 1.82) is 0 Å². The van der Waals surface area contributed by atoms with Crippen LogP contribution in [-0.4, -0.2) is 22.2 Å². The SMILES string of the molecule is CC(C)(O)C(C)(C)NC(=O)c1ccc(F)c(N)c1. The molecule has 0 unspecified atom stereocenters. The number of rotatable bonds is 3. The first-order valence-electron chi connectivity index (χ1n) is 5.64. The van der Waals surface area contributed by atoms with Gasteiger partial charge in [0.15, 0.2) is 0 Å². The van der Waals surface area contributed by atoms with Crippen LogP contribution in [0.3, 0.4) is 0 Å². The summed E-state index contributed by atoms with van der Waals surface area (Å²) in [6.45, 7) is 6.62. The van der Waals surface area contributed by atoms with Crippen LogP contribution in [0.5, 0.6) is 0 Å². The molecule has 0 saturated carbocycles. The molecule has 0 aromatic heterocycles. The molecule has 0 atom stereocenters. The van der Waals surface area contributed by atoms with Gasteiger partial charge in [0.05, 0.1) is 16.8 Å². The molecule has 18 heavy (non-hydrogen) atoms. The molecule has 0 spiro atoms. The average Bonchev–Trinajstić information content (AvgIpc) is 2.19. The lowest BCUT2D eigenvalue weighted by Gasteiger charge is -2.38. The molecule has 0 heterocycles. The third-order valence-electron chi connectivity index (χ3n) is 3.21. The van der Waals surface area contributed by atoms with Crippen LogP contribution in [0.15, 0.2) is 18.2 Å². The maximum Gasteiger partial charge on any atom is 0.251 e. The van der Waals surface area contributed by atoms with Crippen LogP contribution in [0.1, 0.15) is 38.1 Å². The number of amides is 1. The van der Waals surface area contributed by atoms with Crippen LogP contribution in [0.25, 0.3) is 0 Å². The van der Waals surface area contributed by atoms with E-state index in [1.807, 2.05) is 0 Å². The van der Waals surface area contributed by atoms with E-state index in [0.29, 0.717) is 0 Å². The van der Waals surface area contributed by atoms with Crippen LogP contribution in [0, 0.1) is 5.82 Å². The second-order valence-electron chi connectivity index (χ2n) is 5.37. The minimum Gasteiger partial charge on any atom is -0.396 e. The molecule has 4 nitrogen and oxygen atoms in total. The van der Waals surface area contributed by atoms with Gasteiger partial charge in [0.2, 0.25) is 0 Å². The van der Waals surface area contributed by atoms with Crippen molar-refractivity contribution in [2.45, 2.75) is 38.8 Å². The largest absolute Gasteiger partial charge is 0.396 e. The summed E-state index contributed by atoms with van der Waals surface area (Å²) in [6.07, 6.45) is 0. The highest BCUT2D eigenvalue weighted by Crippen LogP contribution is 2.21. The van der Waals surface area contributed by atoms with Gasteiger partial charge in [-0.05, 0) is 45.9 Å². The molecule has 1 aromatic carbocycles. The fraction of sp³-hybridized carbons (Fsp3) is 0.462. The second kappa shape index (κ2) is 4.57. The van der Waals surface area contributed by atoms with Crippen molar-refractivity contribution in [3.05, 3.63) is 29.6 Å². The quantitative estimate of drug-likeness (QED) is 0.718. The molecule has 100 valence electrons. The van der Waals surface area contributed by atoms with E-state index in [1.165, 1.54) is 12.1 Å². The first-order chi connectivity index (χ1) is 8.04. The number of anilines is 1. The fourth-order valence-corrected chi connectivity index (χ4v) is 1.19. The molecule has 0 radical (unpaired) electrons. The van der Waals surface area contributed by atoms with E-state index in [9.17, 15) is 14.3 Å². The summed E-state index contributed by atoms with van der Waals surface area (Å²) in [7, 11) is 0. The first kappa shape index (κ1) is 14.4. The van der Waals surface area contributed by atoms with Crippen molar-refractivity contribution in [3.63, 3.8) is 0 Å². The van der Waals surface area contributed by atoms with E-state index in [0.717, 1.165) is 6.07 Å². The molecule has 0 aliphatic rings. The molecule has 1 amide bonds. The Kier molecular flexibility index (Phi) is 3.67. The van der Waals surface area contributed by atoms with Gasteiger partial charge in [-0.15, -0.1) is 0 Å². The highest BCUT2D eigenvalue weighted by atomic mass is 19.1. The van der Waals surface area contributed by atoms with Crippen LogP contribution in [-0.2, 0) is 0 Å². The standard InChI is InChI=1S/C13H19FN2O2/c1-12(2,13(3,4)18)16-11(17)8-5-6-9(14)10(15)7-8/h5-7,18H,15H2,1-4H3,(H,16,17). The Morgan fingerprint density at radius 1 is 1.33 bits per heavy atom. The Bertz CT molecular complexity index is 465. The molecule has 1 rings (SSSR count). The molecule has 5 heteroatoms. The molecule has 0 aliphatic heterocycles. The van der Waals surface area contributed by atoms with Crippen molar-refractivity contribution in [2.75, 3.05) is 5.73 Å². The van der Waals surface area contributed by atoms with Gasteiger partial charge in [0.1, 0.15) is 5.82 Å². The van der Waals surface area contributed by atoms with Gasteiger partial charge in [-0.3, -0.25) is 4.79 Å². The molecule has 1 aromatic rings. The highest BCUT2D eigenvalue weighted by molar-refractivity contribution is 5.95. The minimum absolute atomic E-state index is 0.0799. The van der Waals surface area contributed by atoms with Gasteiger partial charge in [0.25, 0.3) is 5.91 Å². The number of nitrogen functional groups attached to an aromatic ring is 1. The molecule has 0 aliphatic carbocycles. The van der Waals surface area contributed by atoms with Crippen LogP contribution < -0.4 is 11.1 Å². The van der Waals surface area contributed by atoms with Gasteiger partial charge < -0.3 is 16.2 Å². The summed E-state index contributed by atoms with van der Waals surface area (Å²) in [4.78, 5) is 12.0. The number of carbonyl (C=O) groups excluding carboxylic acids is 1. The normalized spacial score (nSPS) is 12.3. The monoisotopic (exact) mass is 254 g/mol. The maximum absolute atomic E-state index is 13.0. The number of nitrogens with one attached hydrogen (secondary N) is 1. The van der Waals surface area contributed by atoms with Crippen molar-refractivity contribution in [2.24, 2.45) is 0 Å². The lowest BCUT2D eigenvalue weighted by molar-refractivity contribution is -0.00292. The summed E-state index contributed by atoms with van der Waals surface area (Å²) in [5.74, 6) is -0.970. The first-order valence-corrected chi connectivity index (χ1v) is 5.64. The Hall–Kier alpha value is -1.62. The third kappa shape index (κ3) is 2.98. The number of nitrogens with two attached hydrogens (primary N) is 1. The Balaban J connectivity index is 2.93. The van der Waals surface area contributed by atoms with Crippen molar-refractivity contribution in [3.8, 4) is 0 Å². The molecule has 4 N–H and O–H groups in total. The average molecular weight is 254 g/mol. The number of aliphatic hydroxyl groups is 1. The zero-order valence-corrected chi connectivity index (χ0v) is 11.0. The van der Waals surface area contributed by atoms with Gasteiger partial charge in [0, 0.05) is 5.56 Å². The number of benzene rings is 1. The molecular weight excluding hydrogens is 235 g/mol. The Morgan fingerprint density at radius 3 is 2.33 bits per heavy atom. The van der Waals surface area contributed by atoms with Crippen LogP contribution in [0.2, 0.25) is 0 Å². The van der Waals surface area contributed by atoms with E-state index < -0.39 is 22.9 Å². The molecular formula is C13H19FN2O2. The van der Waals surface area contributed by atoms with Gasteiger partial charge in [-0.25, -0.2) is 4.39 Å². The lowest BCUT2D eigenvalue weighted by atomic mass is 9.85. The topological polar surface area (TPSA) is 75.3 Å². The fourth-order valence-electron chi connectivity index (χ4n) is 1.19. The zero-order valence-electron chi connectivity index (χ0n) is 11.0. The lowest BCUT2D eigenvalue weighted by Crippen LogP contribution is -2.57. The predicted molar refractivity (Wildman–Crippen MR) is 68.7 cm³/mol. The number of carbonyl (C=O) groups is 1. The summed E-state index contributed by atoms with van der Waals surface area (Å²) in [6, 6.07) is 3.76. The van der Waals surface area contributed by atoms with E-state index in [-0.39, 0.29) is 11.3 Å². The highest BCUT2D eigenvalue weighted by Gasteiger charge is 2.36. The Labute approximate surface area is 106 Å². The van der Waals surface area contributed by atoms with E-state index in [4.69, 9.17) is 5.73 Å². The maximum atomic E-state index is 13.0. The smallest absolute Gasteiger partial charge is 0.251 e. The summed E-state index contributed by atoms with van der Waals surface area (Å²) >= 11 is 0. The predicted octanol–water partition coefficient (Wildman–Crippen LogP) is 1.69. The summed E-state index contributed by atoms with van der Waals surface area (Å²) < 4.78 is 13.0. The third-order valence-corrected chi connectivity index (χ3v) is 3.21. The Morgan fingerprint density at radius 2 is 1.89 bits per heavy atom. The van der Waals surface area contributed by atoms with Gasteiger partial charge in [-0.1, -0.05) is 0 Å². The second-order valence-corrected chi connectivity index (χ2v) is 5.37. The molecule has 0 bridgehead atoms. The summed E-state index contributed by atoms with van der Waals surface area (Å²) in [5, 5.41) is 12.6.